The van der Waals surface area contributed by atoms with Gasteiger partial charge in [-0.2, -0.15) is 0 Å². The summed E-state index contributed by atoms with van der Waals surface area (Å²) in [5.41, 5.74) is 5.29. The van der Waals surface area contributed by atoms with E-state index in [-0.39, 0.29) is 17.8 Å². The first-order valence-electron chi connectivity index (χ1n) is 3.77. The fourth-order valence-electron chi connectivity index (χ4n) is 1.06. The predicted octanol–water partition coefficient (Wildman–Crippen LogP) is 0.752. The molecule has 6 heteroatoms. The van der Waals surface area contributed by atoms with Crippen molar-refractivity contribution in [2.75, 3.05) is 0 Å². The average molecular weight is 196 g/mol. The third-order valence-electron chi connectivity index (χ3n) is 1.75. The van der Waals surface area contributed by atoms with E-state index >= 15 is 0 Å². The molecule has 0 aliphatic heterocycles. The van der Waals surface area contributed by atoms with Crippen LogP contribution < -0.4 is 5.73 Å². The first-order chi connectivity index (χ1) is 6.56. The monoisotopic (exact) mass is 196 g/mol. The summed E-state index contributed by atoms with van der Waals surface area (Å²) < 4.78 is 0. The van der Waals surface area contributed by atoms with Crippen LogP contribution in [0.2, 0.25) is 0 Å². The first-order valence-corrected chi connectivity index (χ1v) is 3.77. The number of nitrogens with two attached hydrogens (primary N) is 1. The van der Waals surface area contributed by atoms with Crippen molar-refractivity contribution >= 4 is 11.7 Å². The number of carbonyl (C=O) groups is 1. The number of hydrogen-bond acceptors (Lipinski definition) is 4. The molecule has 0 aromatic heterocycles. The number of nitro benzene ring substituents is 1. The number of carboxylic acids is 1. The lowest BCUT2D eigenvalue weighted by Crippen LogP contribution is -2.07. The highest BCUT2D eigenvalue weighted by Crippen LogP contribution is 2.17. The summed E-state index contributed by atoms with van der Waals surface area (Å²) in [6.07, 6.45) is 0. The Bertz CT molecular complexity index is 389. The van der Waals surface area contributed by atoms with Gasteiger partial charge >= 0.3 is 5.97 Å². The maximum absolute atomic E-state index is 10.7. The zero-order valence-electron chi connectivity index (χ0n) is 7.14. The van der Waals surface area contributed by atoms with Gasteiger partial charge in [0, 0.05) is 18.7 Å². The molecule has 0 heterocycles. The van der Waals surface area contributed by atoms with Crippen LogP contribution in [0.5, 0.6) is 0 Å². The highest BCUT2D eigenvalue weighted by atomic mass is 16.6. The summed E-state index contributed by atoms with van der Waals surface area (Å²) in [7, 11) is 0. The molecule has 74 valence electrons. The van der Waals surface area contributed by atoms with Gasteiger partial charge in [0.15, 0.2) is 0 Å². The van der Waals surface area contributed by atoms with Crippen molar-refractivity contribution in [2.45, 2.75) is 6.54 Å². The van der Waals surface area contributed by atoms with Crippen molar-refractivity contribution < 1.29 is 14.8 Å². The van der Waals surface area contributed by atoms with E-state index in [0.29, 0.717) is 5.56 Å². The zero-order chi connectivity index (χ0) is 10.7. The molecule has 0 fully saturated rings. The minimum absolute atomic E-state index is 0.0413. The molecule has 0 saturated carbocycles. The van der Waals surface area contributed by atoms with Crippen molar-refractivity contribution in [3.8, 4) is 0 Å². The van der Waals surface area contributed by atoms with Gasteiger partial charge in [-0.3, -0.25) is 10.1 Å². The Morgan fingerprint density at radius 3 is 2.64 bits per heavy atom. The Kier molecular flexibility index (Phi) is 2.78. The maximum atomic E-state index is 10.7. The van der Waals surface area contributed by atoms with Crippen molar-refractivity contribution in [1.29, 1.82) is 0 Å². The Morgan fingerprint density at radius 2 is 2.21 bits per heavy atom. The molecule has 1 aromatic carbocycles. The number of nitro groups is 1. The van der Waals surface area contributed by atoms with Crippen LogP contribution in [-0.4, -0.2) is 16.0 Å². The normalized spacial score (nSPS) is 9.79. The van der Waals surface area contributed by atoms with Crippen LogP contribution in [0, 0.1) is 10.1 Å². The Balaban J connectivity index is 3.27. The van der Waals surface area contributed by atoms with Crippen molar-refractivity contribution in [3.63, 3.8) is 0 Å². The van der Waals surface area contributed by atoms with Gasteiger partial charge in [-0.15, -0.1) is 0 Å². The molecule has 0 spiro atoms. The minimum Gasteiger partial charge on any atom is -0.478 e. The first kappa shape index (κ1) is 10.1. The number of hydrogen-bond donors (Lipinski definition) is 2. The van der Waals surface area contributed by atoms with E-state index in [2.05, 4.69) is 0 Å². The Morgan fingerprint density at radius 1 is 1.57 bits per heavy atom. The quantitative estimate of drug-likeness (QED) is 0.548. The van der Waals surface area contributed by atoms with Gasteiger partial charge in [-0.1, -0.05) is 6.07 Å². The molecule has 0 aliphatic carbocycles. The molecule has 0 radical (unpaired) electrons. The second kappa shape index (κ2) is 3.84. The third kappa shape index (κ3) is 1.86. The van der Waals surface area contributed by atoms with Crippen molar-refractivity contribution in [1.82, 2.24) is 0 Å². The predicted molar refractivity (Wildman–Crippen MR) is 47.9 cm³/mol. The fourth-order valence-corrected chi connectivity index (χ4v) is 1.06. The van der Waals surface area contributed by atoms with Gasteiger partial charge < -0.3 is 10.8 Å². The van der Waals surface area contributed by atoms with Crippen LogP contribution in [0.1, 0.15) is 15.9 Å². The van der Waals surface area contributed by atoms with E-state index in [0.717, 1.165) is 6.07 Å². The number of non-ortho nitro benzene ring substituents is 1. The number of benzene rings is 1. The second-order valence-corrected chi connectivity index (χ2v) is 2.61. The molecule has 1 aromatic rings. The number of carboxylic acid groups (broad SMARTS) is 1. The summed E-state index contributed by atoms with van der Waals surface area (Å²) in [6, 6.07) is 3.58. The molecule has 0 atom stereocenters. The van der Waals surface area contributed by atoms with E-state index in [1.165, 1.54) is 12.1 Å². The number of aromatic carboxylic acids is 1. The van der Waals surface area contributed by atoms with Gasteiger partial charge in [-0.25, -0.2) is 4.79 Å². The summed E-state index contributed by atoms with van der Waals surface area (Å²) in [5.74, 6) is -1.21. The van der Waals surface area contributed by atoms with Crippen LogP contribution in [0.25, 0.3) is 0 Å². The lowest BCUT2D eigenvalue weighted by atomic mass is 10.1. The molecule has 14 heavy (non-hydrogen) atoms. The number of rotatable bonds is 3. The van der Waals surface area contributed by atoms with Gasteiger partial charge in [0.1, 0.15) is 0 Å². The van der Waals surface area contributed by atoms with Gasteiger partial charge in [0.05, 0.1) is 10.5 Å². The summed E-state index contributed by atoms with van der Waals surface area (Å²) >= 11 is 0. The van der Waals surface area contributed by atoms with E-state index in [4.69, 9.17) is 10.8 Å². The highest BCUT2D eigenvalue weighted by molar-refractivity contribution is 5.90. The van der Waals surface area contributed by atoms with E-state index in [1.54, 1.807) is 0 Å². The molecule has 0 unspecified atom stereocenters. The van der Waals surface area contributed by atoms with Crippen molar-refractivity contribution in [2.24, 2.45) is 5.73 Å². The Labute approximate surface area is 79.1 Å². The van der Waals surface area contributed by atoms with Crippen LogP contribution in [-0.2, 0) is 6.54 Å². The van der Waals surface area contributed by atoms with E-state index in [1.807, 2.05) is 0 Å². The third-order valence-corrected chi connectivity index (χ3v) is 1.75. The van der Waals surface area contributed by atoms with Crippen LogP contribution >= 0.6 is 0 Å². The molecule has 1 rings (SSSR count). The molecule has 0 amide bonds. The standard InChI is InChI=1S/C8H8N2O4/c9-4-5-1-2-6(10(13)14)3-7(5)8(11)12/h1-3H,4,9H2,(H,11,12). The van der Waals surface area contributed by atoms with Crippen molar-refractivity contribution in [3.05, 3.63) is 39.4 Å². The van der Waals surface area contributed by atoms with E-state index in [9.17, 15) is 14.9 Å². The zero-order valence-corrected chi connectivity index (χ0v) is 7.14. The van der Waals surface area contributed by atoms with Gasteiger partial charge in [0.2, 0.25) is 0 Å². The Hall–Kier alpha value is -1.95. The molecule has 0 aliphatic rings. The lowest BCUT2D eigenvalue weighted by molar-refractivity contribution is -0.384. The second-order valence-electron chi connectivity index (χ2n) is 2.61. The largest absolute Gasteiger partial charge is 0.478 e. The average Bonchev–Trinajstić information content (AvgIpc) is 2.16. The maximum Gasteiger partial charge on any atom is 0.336 e. The summed E-state index contributed by atoms with van der Waals surface area (Å²) in [5, 5.41) is 19.1. The topological polar surface area (TPSA) is 106 Å². The van der Waals surface area contributed by atoms with Crippen LogP contribution in [0.4, 0.5) is 5.69 Å². The molecular weight excluding hydrogens is 188 g/mol. The molecule has 0 saturated heterocycles. The minimum atomic E-state index is -1.21. The van der Waals surface area contributed by atoms with E-state index < -0.39 is 10.9 Å². The van der Waals surface area contributed by atoms with Crippen LogP contribution in [0.15, 0.2) is 18.2 Å². The smallest absolute Gasteiger partial charge is 0.336 e. The van der Waals surface area contributed by atoms with Gasteiger partial charge in [-0.05, 0) is 5.56 Å². The number of nitrogens with zero attached hydrogens (tertiary/aromatic N) is 1. The molecular formula is C8H8N2O4. The summed E-state index contributed by atoms with van der Waals surface area (Å²) in [6.45, 7) is 0.0413. The lowest BCUT2D eigenvalue weighted by Gasteiger charge is -2.01. The summed E-state index contributed by atoms with van der Waals surface area (Å²) in [4.78, 5) is 20.4. The van der Waals surface area contributed by atoms with Gasteiger partial charge in [0.25, 0.3) is 5.69 Å². The molecule has 0 bridgehead atoms. The van der Waals surface area contributed by atoms with Crippen LogP contribution in [0.3, 0.4) is 0 Å². The fraction of sp³-hybridized carbons (Fsp3) is 0.125. The SMILES string of the molecule is NCc1ccc([N+](=O)[O-])cc1C(=O)O. The molecule has 3 N–H and O–H groups in total. The highest BCUT2D eigenvalue weighted by Gasteiger charge is 2.14. The molecule has 6 nitrogen and oxygen atoms in total.